The Morgan fingerprint density at radius 3 is 2.31 bits per heavy atom. The predicted octanol–water partition coefficient (Wildman–Crippen LogP) is 3.03. The Morgan fingerprint density at radius 2 is 1.94 bits per heavy atom. The van der Waals surface area contributed by atoms with Gasteiger partial charge in [-0.25, -0.2) is 4.39 Å². The molecule has 0 fully saturated rings. The Labute approximate surface area is 88.5 Å². The highest BCUT2D eigenvalue weighted by Gasteiger charge is 2.31. The third kappa shape index (κ3) is 2.50. The number of benzene rings is 1. The van der Waals surface area contributed by atoms with Crippen molar-refractivity contribution in [2.75, 3.05) is 0 Å². The molecular weight excluding hydrogens is 228 g/mol. The summed E-state index contributed by atoms with van der Waals surface area (Å²) in [5.74, 6) is -3.63. The lowest BCUT2D eigenvalue weighted by Gasteiger charge is -2.11. The van der Waals surface area contributed by atoms with Gasteiger partial charge in [0.1, 0.15) is 5.82 Å². The monoisotopic (exact) mass is 236 g/mol. The highest BCUT2D eigenvalue weighted by atomic mass is 19.4. The summed E-state index contributed by atoms with van der Waals surface area (Å²) in [6.45, 7) is 1.20. The normalized spacial score (nSPS) is 13.6. The average molecular weight is 236 g/mol. The molecule has 2 nitrogen and oxygen atoms in total. The van der Waals surface area contributed by atoms with Crippen molar-refractivity contribution in [3.8, 4) is 0 Å². The van der Waals surface area contributed by atoms with Crippen molar-refractivity contribution in [3.63, 3.8) is 0 Å². The van der Waals surface area contributed by atoms with Crippen molar-refractivity contribution in [2.24, 2.45) is 0 Å². The SMILES string of the molecule is CC(C(=O)O)c1ccc(C(F)(F)F)cc1F. The summed E-state index contributed by atoms with van der Waals surface area (Å²) in [5, 5.41) is 8.60. The lowest BCUT2D eigenvalue weighted by atomic mass is 9.99. The minimum absolute atomic E-state index is 0.263. The molecule has 0 amide bonds. The molecule has 1 atom stereocenters. The molecule has 16 heavy (non-hydrogen) atoms. The maximum atomic E-state index is 13.2. The number of halogens is 4. The smallest absolute Gasteiger partial charge is 0.416 e. The molecular formula is C10H8F4O2. The number of carboxylic acid groups (broad SMARTS) is 1. The van der Waals surface area contributed by atoms with Crippen molar-refractivity contribution in [3.05, 3.63) is 35.1 Å². The van der Waals surface area contributed by atoms with Gasteiger partial charge in [-0.2, -0.15) is 13.2 Å². The maximum absolute atomic E-state index is 13.2. The van der Waals surface area contributed by atoms with Gasteiger partial charge in [-0.3, -0.25) is 4.79 Å². The van der Waals surface area contributed by atoms with Gasteiger partial charge in [-0.1, -0.05) is 6.07 Å². The Balaban J connectivity index is 3.15. The van der Waals surface area contributed by atoms with Crippen LogP contribution in [0.1, 0.15) is 24.0 Å². The highest BCUT2D eigenvalue weighted by molar-refractivity contribution is 5.75. The molecule has 88 valence electrons. The summed E-state index contributed by atoms with van der Waals surface area (Å²) in [6, 6.07) is 1.81. The second kappa shape index (κ2) is 4.11. The summed E-state index contributed by atoms with van der Waals surface area (Å²) in [7, 11) is 0. The van der Waals surface area contributed by atoms with Crippen LogP contribution in [0, 0.1) is 5.82 Å². The second-order valence-electron chi connectivity index (χ2n) is 3.29. The van der Waals surface area contributed by atoms with Crippen LogP contribution < -0.4 is 0 Å². The highest BCUT2D eigenvalue weighted by Crippen LogP contribution is 2.31. The Bertz CT molecular complexity index is 412. The van der Waals surface area contributed by atoms with Gasteiger partial charge in [-0.15, -0.1) is 0 Å². The van der Waals surface area contributed by atoms with Crippen LogP contribution in [0.15, 0.2) is 18.2 Å². The standard InChI is InChI=1S/C10H8F4O2/c1-5(9(15)16)7-3-2-6(4-8(7)11)10(12,13)14/h2-5H,1H3,(H,15,16). The fourth-order valence-electron chi connectivity index (χ4n) is 1.19. The van der Waals surface area contributed by atoms with E-state index in [4.69, 9.17) is 5.11 Å². The van der Waals surface area contributed by atoms with E-state index in [1.54, 1.807) is 0 Å². The van der Waals surface area contributed by atoms with E-state index in [9.17, 15) is 22.4 Å². The molecule has 0 heterocycles. The Morgan fingerprint density at radius 1 is 1.38 bits per heavy atom. The van der Waals surface area contributed by atoms with Crippen LogP contribution in [0.3, 0.4) is 0 Å². The molecule has 1 rings (SSSR count). The molecule has 6 heteroatoms. The first-order valence-corrected chi connectivity index (χ1v) is 4.33. The van der Waals surface area contributed by atoms with Crippen LogP contribution in [0.4, 0.5) is 17.6 Å². The molecule has 0 aliphatic rings. The van der Waals surface area contributed by atoms with Gasteiger partial charge in [0.15, 0.2) is 0 Å². The first-order valence-electron chi connectivity index (χ1n) is 4.33. The van der Waals surface area contributed by atoms with Crippen LogP contribution in [0.5, 0.6) is 0 Å². The van der Waals surface area contributed by atoms with Crippen LogP contribution in [0.25, 0.3) is 0 Å². The van der Waals surface area contributed by atoms with Gasteiger partial charge in [0, 0.05) is 5.56 Å². The third-order valence-corrected chi connectivity index (χ3v) is 2.16. The molecule has 1 aromatic rings. The number of alkyl halides is 3. The zero-order valence-corrected chi connectivity index (χ0v) is 8.18. The van der Waals surface area contributed by atoms with E-state index in [0.29, 0.717) is 12.1 Å². The summed E-state index contributed by atoms with van der Waals surface area (Å²) in [6.07, 6.45) is -4.63. The molecule has 1 unspecified atom stereocenters. The lowest BCUT2D eigenvalue weighted by Crippen LogP contribution is -2.11. The van der Waals surface area contributed by atoms with Crippen LogP contribution in [-0.2, 0) is 11.0 Å². The first-order chi connectivity index (χ1) is 7.23. The average Bonchev–Trinajstić information content (AvgIpc) is 2.15. The van der Waals surface area contributed by atoms with E-state index in [2.05, 4.69) is 0 Å². The van der Waals surface area contributed by atoms with Gasteiger partial charge in [0.05, 0.1) is 11.5 Å². The van der Waals surface area contributed by atoms with Crippen LogP contribution in [0.2, 0.25) is 0 Å². The molecule has 0 aromatic heterocycles. The predicted molar refractivity (Wildman–Crippen MR) is 47.5 cm³/mol. The zero-order valence-electron chi connectivity index (χ0n) is 8.18. The summed E-state index contributed by atoms with van der Waals surface area (Å²) >= 11 is 0. The van der Waals surface area contributed by atoms with Crippen LogP contribution in [-0.4, -0.2) is 11.1 Å². The van der Waals surface area contributed by atoms with Crippen molar-refractivity contribution in [2.45, 2.75) is 19.0 Å². The molecule has 1 aromatic carbocycles. The van der Waals surface area contributed by atoms with E-state index in [-0.39, 0.29) is 5.56 Å². The number of hydrogen-bond donors (Lipinski definition) is 1. The minimum atomic E-state index is -4.63. The molecule has 0 spiro atoms. The van der Waals surface area contributed by atoms with Gasteiger partial charge >= 0.3 is 12.1 Å². The lowest BCUT2D eigenvalue weighted by molar-refractivity contribution is -0.138. The zero-order chi connectivity index (χ0) is 12.5. The summed E-state index contributed by atoms with van der Waals surface area (Å²) in [5.41, 5.74) is -1.40. The fourth-order valence-corrected chi connectivity index (χ4v) is 1.19. The van der Waals surface area contributed by atoms with Gasteiger partial charge in [-0.05, 0) is 19.1 Å². The fraction of sp³-hybridized carbons (Fsp3) is 0.300. The van der Waals surface area contributed by atoms with Crippen LogP contribution >= 0.6 is 0 Å². The minimum Gasteiger partial charge on any atom is -0.481 e. The number of hydrogen-bond acceptors (Lipinski definition) is 1. The van der Waals surface area contributed by atoms with Crippen molar-refractivity contribution in [1.29, 1.82) is 0 Å². The second-order valence-corrected chi connectivity index (χ2v) is 3.29. The molecule has 1 N–H and O–H groups in total. The quantitative estimate of drug-likeness (QED) is 0.801. The van der Waals surface area contributed by atoms with Crippen molar-refractivity contribution >= 4 is 5.97 Å². The van der Waals surface area contributed by atoms with E-state index in [0.717, 1.165) is 6.07 Å². The number of carboxylic acids is 1. The van der Waals surface area contributed by atoms with E-state index in [1.165, 1.54) is 6.92 Å². The topological polar surface area (TPSA) is 37.3 Å². The third-order valence-electron chi connectivity index (χ3n) is 2.16. The molecule has 0 radical (unpaired) electrons. The number of aliphatic carboxylic acids is 1. The Kier molecular flexibility index (Phi) is 3.21. The summed E-state index contributed by atoms with van der Waals surface area (Å²) < 4.78 is 49.8. The molecule has 0 aliphatic carbocycles. The maximum Gasteiger partial charge on any atom is 0.416 e. The first kappa shape index (κ1) is 12.5. The van der Waals surface area contributed by atoms with E-state index >= 15 is 0 Å². The molecule has 0 saturated heterocycles. The summed E-state index contributed by atoms with van der Waals surface area (Å²) in [4.78, 5) is 10.5. The number of rotatable bonds is 2. The Hall–Kier alpha value is -1.59. The van der Waals surface area contributed by atoms with Gasteiger partial charge in [0.25, 0.3) is 0 Å². The van der Waals surface area contributed by atoms with E-state index in [1.807, 2.05) is 0 Å². The molecule has 0 saturated carbocycles. The van der Waals surface area contributed by atoms with Crippen molar-refractivity contribution < 1.29 is 27.5 Å². The van der Waals surface area contributed by atoms with E-state index < -0.39 is 29.4 Å². The van der Waals surface area contributed by atoms with Gasteiger partial charge in [0.2, 0.25) is 0 Å². The molecule has 0 aliphatic heterocycles. The molecule has 0 bridgehead atoms. The van der Waals surface area contributed by atoms with Crippen molar-refractivity contribution in [1.82, 2.24) is 0 Å². The largest absolute Gasteiger partial charge is 0.481 e. The number of carbonyl (C=O) groups is 1. The van der Waals surface area contributed by atoms with Gasteiger partial charge < -0.3 is 5.11 Å².